The van der Waals surface area contributed by atoms with E-state index in [1.165, 1.54) is 0 Å². The molecule has 0 amide bonds. The first-order valence-electron chi connectivity index (χ1n) is 5.44. The standard InChI is InChI=1S/C13H16N2O/c1-9(2)15-13(16)8-12(14-15)11-7-5-4-6-10(11)3/h4-9,16H,1-3H3. The van der Waals surface area contributed by atoms with Gasteiger partial charge in [0.05, 0.1) is 11.7 Å². The molecule has 0 aliphatic carbocycles. The van der Waals surface area contributed by atoms with E-state index < -0.39 is 0 Å². The smallest absolute Gasteiger partial charge is 0.210 e. The van der Waals surface area contributed by atoms with Gasteiger partial charge in [-0.1, -0.05) is 24.3 Å². The average molecular weight is 216 g/mol. The minimum Gasteiger partial charge on any atom is -0.493 e. The van der Waals surface area contributed by atoms with E-state index in [2.05, 4.69) is 5.10 Å². The van der Waals surface area contributed by atoms with Crippen molar-refractivity contribution in [2.75, 3.05) is 0 Å². The van der Waals surface area contributed by atoms with Crippen molar-refractivity contribution in [2.24, 2.45) is 0 Å². The lowest BCUT2D eigenvalue weighted by atomic mass is 10.1. The quantitative estimate of drug-likeness (QED) is 0.837. The molecule has 0 saturated heterocycles. The van der Waals surface area contributed by atoms with Crippen LogP contribution in [0.3, 0.4) is 0 Å². The summed E-state index contributed by atoms with van der Waals surface area (Å²) in [4.78, 5) is 0. The Bertz CT molecular complexity index is 500. The van der Waals surface area contributed by atoms with E-state index in [0.717, 1.165) is 16.8 Å². The minimum absolute atomic E-state index is 0.165. The lowest BCUT2D eigenvalue weighted by molar-refractivity contribution is 0.378. The third kappa shape index (κ3) is 1.81. The van der Waals surface area contributed by atoms with Crippen LogP contribution in [0.15, 0.2) is 30.3 Å². The minimum atomic E-state index is 0.165. The van der Waals surface area contributed by atoms with Gasteiger partial charge in [0.1, 0.15) is 0 Å². The summed E-state index contributed by atoms with van der Waals surface area (Å²) in [7, 11) is 0. The Morgan fingerprint density at radius 1 is 1.25 bits per heavy atom. The van der Waals surface area contributed by atoms with Crippen LogP contribution in [0.5, 0.6) is 5.88 Å². The van der Waals surface area contributed by atoms with Crippen LogP contribution in [0.1, 0.15) is 25.5 Å². The zero-order valence-electron chi connectivity index (χ0n) is 9.81. The van der Waals surface area contributed by atoms with Crippen molar-refractivity contribution in [2.45, 2.75) is 26.8 Å². The van der Waals surface area contributed by atoms with Crippen LogP contribution in [-0.4, -0.2) is 14.9 Å². The first-order valence-corrected chi connectivity index (χ1v) is 5.44. The van der Waals surface area contributed by atoms with E-state index in [4.69, 9.17) is 0 Å². The number of hydrogen-bond donors (Lipinski definition) is 1. The number of nitrogens with zero attached hydrogens (tertiary/aromatic N) is 2. The fourth-order valence-corrected chi connectivity index (χ4v) is 1.76. The largest absolute Gasteiger partial charge is 0.493 e. The number of aryl methyl sites for hydroxylation is 1. The summed E-state index contributed by atoms with van der Waals surface area (Å²) in [6.45, 7) is 6.03. The monoisotopic (exact) mass is 216 g/mol. The van der Waals surface area contributed by atoms with Gasteiger partial charge in [-0.3, -0.25) is 0 Å². The van der Waals surface area contributed by atoms with Gasteiger partial charge in [-0.2, -0.15) is 5.10 Å². The van der Waals surface area contributed by atoms with Gasteiger partial charge in [-0.25, -0.2) is 4.68 Å². The second kappa shape index (κ2) is 4.00. The van der Waals surface area contributed by atoms with Crippen LogP contribution in [0, 0.1) is 6.92 Å². The van der Waals surface area contributed by atoms with Gasteiger partial charge in [0.2, 0.25) is 5.88 Å². The Morgan fingerprint density at radius 2 is 1.94 bits per heavy atom. The third-order valence-corrected chi connectivity index (χ3v) is 2.63. The molecular weight excluding hydrogens is 200 g/mol. The topological polar surface area (TPSA) is 38.0 Å². The molecule has 0 radical (unpaired) electrons. The van der Waals surface area contributed by atoms with Crippen molar-refractivity contribution >= 4 is 0 Å². The molecule has 0 atom stereocenters. The van der Waals surface area contributed by atoms with E-state index in [0.29, 0.717) is 0 Å². The highest BCUT2D eigenvalue weighted by Gasteiger charge is 2.11. The van der Waals surface area contributed by atoms with Crippen LogP contribution >= 0.6 is 0 Å². The van der Waals surface area contributed by atoms with Gasteiger partial charge in [0, 0.05) is 11.6 Å². The summed E-state index contributed by atoms with van der Waals surface area (Å²) in [6.07, 6.45) is 0. The van der Waals surface area contributed by atoms with Crippen molar-refractivity contribution in [3.63, 3.8) is 0 Å². The molecule has 0 saturated carbocycles. The first-order chi connectivity index (χ1) is 7.59. The molecule has 2 aromatic rings. The van der Waals surface area contributed by atoms with Crippen molar-refractivity contribution < 1.29 is 5.11 Å². The van der Waals surface area contributed by atoms with Crippen molar-refractivity contribution in [1.82, 2.24) is 9.78 Å². The molecule has 84 valence electrons. The van der Waals surface area contributed by atoms with E-state index in [1.807, 2.05) is 45.0 Å². The number of aromatic nitrogens is 2. The molecule has 3 nitrogen and oxygen atoms in total. The van der Waals surface area contributed by atoms with Gasteiger partial charge < -0.3 is 5.11 Å². The molecule has 0 unspecified atom stereocenters. The lowest BCUT2D eigenvalue weighted by Gasteiger charge is -2.06. The molecule has 1 N–H and O–H groups in total. The van der Waals surface area contributed by atoms with Gasteiger partial charge in [-0.05, 0) is 26.3 Å². The summed E-state index contributed by atoms with van der Waals surface area (Å²) in [5.41, 5.74) is 3.05. The maximum atomic E-state index is 9.75. The van der Waals surface area contributed by atoms with Crippen molar-refractivity contribution in [3.8, 4) is 17.1 Å². The van der Waals surface area contributed by atoms with Crippen LogP contribution in [0.25, 0.3) is 11.3 Å². The summed E-state index contributed by atoms with van der Waals surface area (Å²) >= 11 is 0. The number of rotatable bonds is 2. The highest BCUT2D eigenvalue weighted by molar-refractivity contribution is 5.64. The normalized spacial score (nSPS) is 11.0. The predicted octanol–water partition coefficient (Wildman–Crippen LogP) is 3.15. The molecule has 0 fully saturated rings. The Labute approximate surface area is 95.3 Å². The maximum absolute atomic E-state index is 9.75. The SMILES string of the molecule is Cc1ccccc1-c1cc(O)n(C(C)C)n1. The second-order valence-electron chi connectivity index (χ2n) is 4.24. The van der Waals surface area contributed by atoms with Gasteiger partial charge in [-0.15, -0.1) is 0 Å². The zero-order chi connectivity index (χ0) is 11.7. The van der Waals surface area contributed by atoms with Gasteiger partial charge >= 0.3 is 0 Å². The van der Waals surface area contributed by atoms with Gasteiger partial charge in [0.15, 0.2) is 0 Å². The molecule has 0 bridgehead atoms. The molecule has 1 heterocycles. The molecule has 0 aliphatic heterocycles. The third-order valence-electron chi connectivity index (χ3n) is 2.63. The Hall–Kier alpha value is -1.77. The maximum Gasteiger partial charge on any atom is 0.210 e. The van der Waals surface area contributed by atoms with Crippen molar-refractivity contribution in [3.05, 3.63) is 35.9 Å². The van der Waals surface area contributed by atoms with Crippen LogP contribution in [0.2, 0.25) is 0 Å². The van der Waals surface area contributed by atoms with Crippen LogP contribution < -0.4 is 0 Å². The number of benzene rings is 1. The van der Waals surface area contributed by atoms with Crippen molar-refractivity contribution in [1.29, 1.82) is 0 Å². The highest BCUT2D eigenvalue weighted by Crippen LogP contribution is 2.26. The summed E-state index contributed by atoms with van der Waals surface area (Å²) in [5, 5.41) is 14.2. The van der Waals surface area contributed by atoms with E-state index >= 15 is 0 Å². The molecule has 0 spiro atoms. The predicted molar refractivity (Wildman–Crippen MR) is 64.4 cm³/mol. The molecule has 1 aromatic carbocycles. The summed E-state index contributed by atoms with van der Waals surface area (Å²) in [5.74, 6) is 0.216. The Kier molecular flexibility index (Phi) is 2.69. The summed E-state index contributed by atoms with van der Waals surface area (Å²) < 4.78 is 1.63. The van der Waals surface area contributed by atoms with Crippen LogP contribution in [0.4, 0.5) is 0 Å². The fraction of sp³-hybridized carbons (Fsp3) is 0.308. The van der Waals surface area contributed by atoms with E-state index in [1.54, 1.807) is 10.7 Å². The highest BCUT2D eigenvalue weighted by atomic mass is 16.3. The molecule has 1 aromatic heterocycles. The molecule has 16 heavy (non-hydrogen) atoms. The molecular formula is C13H16N2O. The number of hydrogen-bond acceptors (Lipinski definition) is 2. The Balaban J connectivity index is 2.50. The fourth-order valence-electron chi connectivity index (χ4n) is 1.76. The zero-order valence-corrected chi connectivity index (χ0v) is 9.81. The molecule has 0 aliphatic rings. The van der Waals surface area contributed by atoms with E-state index in [-0.39, 0.29) is 11.9 Å². The van der Waals surface area contributed by atoms with Gasteiger partial charge in [0.25, 0.3) is 0 Å². The van der Waals surface area contributed by atoms with E-state index in [9.17, 15) is 5.11 Å². The summed E-state index contributed by atoms with van der Waals surface area (Å²) in [6, 6.07) is 9.91. The number of aromatic hydroxyl groups is 1. The molecule has 2 rings (SSSR count). The molecule has 3 heteroatoms. The Morgan fingerprint density at radius 3 is 2.50 bits per heavy atom. The average Bonchev–Trinajstić information content (AvgIpc) is 2.61. The lowest BCUT2D eigenvalue weighted by Crippen LogP contribution is -2.02. The second-order valence-corrected chi connectivity index (χ2v) is 4.24. The van der Waals surface area contributed by atoms with Crippen LogP contribution in [-0.2, 0) is 0 Å². The first kappa shape index (κ1) is 10.7.